The van der Waals surface area contributed by atoms with Gasteiger partial charge in [0.2, 0.25) is 5.91 Å². The lowest BCUT2D eigenvalue weighted by atomic mass is 9.77. The Morgan fingerprint density at radius 3 is 2.76 bits per heavy atom. The quantitative estimate of drug-likeness (QED) is 0.536. The summed E-state index contributed by atoms with van der Waals surface area (Å²) in [4.78, 5) is 19.1. The molecule has 5 rings (SSSR count). The summed E-state index contributed by atoms with van der Waals surface area (Å²) in [6.07, 6.45) is 6.93. The third-order valence-corrected chi connectivity index (χ3v) is 7.19. The van der Waals surface area contributed by atoms with Crippen molar-refractivity contribution in [2.45, 2.75) is 50.3 Å². The number of fused-ring (bicyclic) bond motifs is 1. The average Bonchev–Trinajstić information content (AvgIpc) is 3.10. The maximum atomic E-state index is 12.5. The van der Waals surface area contributed by atoms with Gasteiger partial charge in [0, 0.05) is 49.5 Å². The zero-order valence-electron chi connectivity index (χ0n) is 19.3. The SMILES string of the molecule is Cc1ccc2c(c1)c(NCC(=O)NC1CN(C3CCC(O)(c4cccnc4)CC3)C1)nn2C. The van der Waals surface area contributed by atoms with Gasteiger partial charge in [0.25, 0.3) is 0 Å². The molecule has 174 valence electrons. The fourth-order valence-electron chi connectivity index (χ4n) is 5.23. The van der Waals surface area contributed by atoms with Crippen LogP contribution in [0.5, 0.6) is 0 Å². The number of nitrogens with zero attached hydrogens (tertiary/aromatic N) is 4. The van der Waals surface area contributed by atoms with E-state index in [0.29, 0.717) is 6.04 Å². The molecule has 33 heavy (non-hydrogen) atoms. The molecule has 8 nitrogen and oxygen atoms in total. The average molecular weight is 449 g/mol. The Balaban J connectivity index is 1.07. The topological polar surface area (TPSA) is 95.3 Å². The Bertz CT molecular complexity index is 1130. The van der Waals surface area contributed by atoms with Gasteiger partial charge >= 0.3 is 0 Å². The van der Waals surface area contributed by atoms with E-state index in [1.165, 1.54) is 5.56 Å². The van der Waals surface area contributed by atoms with E-state index in [-0.39, 0.29) is 18.5 Å². The first kappa shape index (κ1) is 21.9. The molecule has 2 aromatic heterocycles. The summed E-state index contributed by atoms with van der Waals surface area (Å²) in [5.41, 5.74) is 2.36. The Kier molecular flexibility index (Phi) is 5.80. The second kappa shape index (κ2) is 8.76. The number of pyridine rings is 1. The lowest BCUT2D eigenvalue weighted by Crippen LogP contribution is -2.63. The molecule has 2 fully saturated rings. The van der Waals surface area contributed by atoms with E-state index in [2.05, 4.69) is 50.7 Å². The van der Waals surface area contributed by atoms with Gasteiger partial charge in [-0.2, -0.15) is 5.10 Å². The lowest BCUT2D eigenvalue weighted by molar-refractivity contribution is -0.121. The molecule has 1 saturated heterocycles. The highest BCUT2D eigenvalue weighted by molar-refractivity contribution is 5.92. The number of likely N-dealkylation sites (tertiary alicyclic amines) is 1. The zero-order valence-corrected chi connectivity index (χ0v) is 19.3. The molecule has 3 N–H and O–H groups in total. The summed E-state index contributed by atoms with van der Waals surface area (Å²) >= 11 is 0. The fraction of sp³-hybridized carbons (Fsp3) is 0.480. The van der Waals surface area contributed by atoms with Crippen molar-refractivity contribution in [3.63, 3.8) is 0 Å². The van der Waals surface area contributed by atoms with E-state index in [0.717, 1.165) is 61.1 Å². The van der Waals surface area contributed by atoms with Crippen molar-refractivity contribution in [1.82, 2.24) is 25.0 Å². The van der Waals surface area contributed by atoms with Crippen LogP contribution in [0.2, 0.25) is 0 Å². The van der Waals surface area contributed by atoms with Crippen molar-refractivity contribution in [2.75, 3.05) is 25.0 Å². The molecule has 0 spiro atoms. The van der Waals surface area contributed by atoms with Gasteiger partial charge in [-0.05, 0) is 50.8 Å². The minimum Gasteiger partial charge on any atom is -0.385 e. The number of carbonyl (C=O) groups is 1. The van der Waals surface area contributed by atoms with Crippen LogP contribution >= 0.6 is 0 Å². The predicted octanol–water partition coefficient (Wildman–Crippen LogP) is 2.32. The molecule has 1 saturated carbocycles. The van der Waals surface area contributed by atoms with E-state index in [9.17, 15) is 9.90 Å². The van der Waals surface area contributed by atoms with E-state index < -0.39 is 5.60 Å². The Hall–Kier alpha value is -2.97. The number of amides is 1. The van der Waals surface area contributed by atoms with Crippen LogP contribution < -0.4 is 10.6 Å². The smallest absolute Gasteiger partial charge is 0.239 e. The molecule has 1 aromatic carbocycles. The summed E-state index contributed by atoms with van der Waals surface area (Å²) in [6, 6.07) is 10.7. The first-order valence-corrected chi connectivity index (χ1v) is 11.7. The van der Waals surface area contributed by atoms with Crippen LogP contribution in [-0.4, -0.2) is 62.4 Å². The lowest BCUT2D eigenvalue weighted by Gasteiger charge is -2.48. The van der Waals surface area contributed by atoms with Gasteiger partial charge in [0.05, 0.1) is 23.7 Å². The van der Waals surface area contributed by atoms with Gasteiger partial charge in [-0.1, -0.05) is 17.7 Å². The maximum Gasteiger partial charge on any atom is 0.239 e. The van der Waals surface area contributed by atoms with Gasteiger partial charge in [-0.25, -0.2) is 0 Å². The molecule has 0 unspecified atom stereocenters. The summed E-state index contributed by atoms with van der Waals surface area (Å²) in [6.45, 7) is 4.00. The highest BCUT2D eigenvalue weighted by atomic mass is 16.3. The molecular weight excluding hydrogens is 416 g/mol. The monoisotopic (exact) mass is 448 g/mol. The number of rotatable bonds is 6. The largest absolute Gasteiger partial charge is 0.385 e. The van der Waals surface area contributed by atoms with E-state index in [1.54, 1.807) is 12.4 Å². The molecule has 1 aliphatic heterocycles. The number of anilines is 1. The number of carbonyl (C=O) groups excluding carboxylic acids is 1. The van der Waals surface area contributed by atoms with Crippen molar-refractivity contribution in [3.8, 4) is 0 Å². The number of nitrogens with one attached hydrogen (secondary N) is 2. The number of hydrogen-bond acceptors (Lipinski definition) is 6. The van der Waals surface area contributed by atoms with E-state index in [1.807, 2.05) is 23.9 Å². The van der Waals surface area contributed by atoms with Crippen molar-refractivity contribution in [3.05, 3.63) is 53.9 Å². The van der Waals surface area contributed by atoms with Gasteiger partial charge < -0.3 is 15.7 Å². The van der Waals surface area contributed by atoms with Crippen LogP contribution in [0.15, 0.2) is 42.7 Å². The molecule has 0 radical (unpaired) electrons. The van der Waals surface area contributed by atoms with Crippen LogP contribution in [0.3, 0.4) is 0 Å². The van der Waals surface area contributed by atoms with Crippen molar-refractivity contribution in [1.29, 1.82) is 0 Å². The summed E-state index contributed by atoms with van der Waals surface area (Å²) < 4.78 is 1.83. The fourth-order valence-corrected chi connectivity index (χ4v) is 5.23. The minimum absolute atomic E-state index is 0.0132. The Morgan fingerprint density at radius 1 is 1.24 bits per heavy atom. The molecular formula is C25H32N6O2. The zero-order chi connectivity index (χ0) is 23.0. The second-order valence-electron chi connectivity index (χ2n) is 9.57. The number of hydrogen-bond donors (Lipinski definition) is 3. The van der Waals surface area contributed by atoms with Gasteiger partial charge in [-0.3, -0.25) is 19.4 Å². The molecule has 1 aliphatic carbocycles. The minimum atomic E-state index is -0.761. The van der Waals surface area contributed by atoms with Crippen LogP contribution in [0.1, 0.15) is 36.8 Å². The van der Waals surface area contributed by atoms with Crippen LogP contribution in [0.25, 0.3) is 10.9 Å². The standard InChI is InChI=1S/C25H32N6O2/c1-17-5-6-22-21(12-17)24(29-30(22)2)27-14-23(32)28-19-15-31(16-19)20-7-9-25(33,10-8-20)18-4-3-11-26-13-18/h3-6,11-13,19-20,33H,7-10,14-16H2,1-2H3,(H,27,29)(H,28,32). The van der Waals surface area contributed by atoms with E-state index >= 15 is 0 Å². The first-order valence-electron chi connectivity index (χ1n) is 11.7. The van der Waals surface area contributed by atoms with E-state index in [4.69, 9.17) is 0 Å². The van der Waals surface area contributed by atoms with Gasteiger partial charge in [0.15, 0.2) is 5.82 Å². The summed E-state index contributed by atoms with van der Waals surface area (Å²) in [5, 5.41) is 22.9. The number of aromatic nitrogens is 3. The Morgan fingerprint density at radius 2 is 2.03 bits per heavy atom. The normalized spacial score (nSPS) is 23.9. The highest BCUT2D eigenvalue weighted by Gasteiger charge is 2.40. The van der Waals surface area contributed by atoms with Crippen LogP contribution in [-0.2, 0) is 17.4 Å². The van der Waals surface area contributed by atoms with Crippen molar-refractivity contribution < 1.29 is 9.90 Å². The molecule has 3 aromatic rings. The summed E-state index contributed by atoms with van der Waals surface area (Å²) in [7, 11) is 1.91. The van der Waals surface area contributed by atoms with Crippen molar-refractivity contribution in [2.24, 2.45) is 7.05 Å². The number of benzene rings is 1. The van der Waals surface area contributed by atoms with Gasteiger partial charge in [-0.15, -0.1) is 0 Å². The molecule has 2 aliphatic rings. The molecule has 1 amide bonds. The number of aryl methyl sites for hydroxylation is 2. The maximum absolute atomic E-state index is 12.5. The third kappa shape index (κ3) is 4.45. The molecule has 3 heterocycles. The molecule has 0 bridgehead atoms. The predicted molar refractivity (Wildman–Crippen MR) is 128 cm³/mol. The van der Waals surface area contributed by atoms with Crippen molar-refractivity contribution >= 4 is 22.6 Å². The second-order valence-corrected chi connectivity index (χ2v) is 9.57. The molecule has 0 atom stereocenters. The third-order valence-electron chi connectivity index (χ3n) is 7.19. The Labute approximate surface area is 194 Å². The highest BCUT2D eigenvalue weighted by Crippen LogP contribution is 2.39. The van der Waals surface area contributed by atoms with Crippen LogP contribution in [0, 0.1) is 6.92 Å². The van der Waals surface area contributed by atoms with Crippen LogP contribution in [0.4, 0.5) is 5.82 Å². The number of aliphatic hydroxyl groups is 1. The molecule has 8 heteroatoms. The first-order chi connectivity index (χ1) is 15.9. The van der Waals surface area contributed by atoms with Gasteiger partial charge in [0.1, 0.15) is 0 Å². The summed E-state index contributed by atoms with van der Waals surface area (Å²) in [5.74, 6) is 0.727.